The number of esters is 4. The molecule has 2 saturated carbocycles. The van der Waals surface area contributed by atoms with Crippen LogP contribution in [0.3, 0.4) is 0 Å². The van der Waals surface area contributed by atoms with Crippen LogP contribution >= 0.6 is 69.6 Å². The molecule has 2 aliphatic carbocycles. The van der Waals surface area contributed by atoms with E-state index in [-0.39, 0.29) is 54.2 Å². The highest BCUT2D eigenvalue weighted by Crippen LogP contribution is 2.61. The molecule has 4 unspecified atom stereocenters. The van der Waals surface area contributed by atoms with Crippen LogP contribution in [0, 0.1) is 34.5 Å². The lowest BCUT2D eigenvalue weighted by Gasteiger charge is -2.16. The highest BCUT2D eigenvalue weighted by molar-refractivity contribution is 6.47. The summed E-state index contributed by atoms with van der Waals surface area (Å²) in [6, 6.07) is 2.25. The zero-order chi connectivity index (χ0) is 34.5. The van der Waals surface area contributed by atoms with Gasteiger partial charge < -0.3 is 18.9 Å². The van der Waals surface area contributed by atoms with E-state index in [4.69, 9.17) is 88.6 Å². The van der Waals surface area contributed by atoms with Gasteiger partial charge in [0.15, 0.2) is 11.5 Å². The van der Waals surface area contributed by atoms with Crippen molar-refractivity contribution in [3.63, 3.8) is 0 Å². The van der Waals surface area contributed by atoms with Crippen molar-refractivity contribution < 1.29 is 38.1 Å². The molecule has 14 heteroatoms. The molecule has 4 atom stereocenters. The summed E-state index contributed by atoms with van der Waals surface area (Å²) in [5.74, 6) is -4.56. The minimum atomic E-state index is -1.64. The van der Waals surface area contributed by atoms with E-state index in [2.05, 4.69) is 41.5 Å². The van der Waals surface area contributed by atoms with Crippen molar-refractivity contribution >= 4 is 93.5 Å². The lowest BCUT2D eigenvalue weighted by atomic mass is 10.0. The van der Waals surface area contributed by atoms with Crippen molar-refractivity contribution in [2.24, 2.45) is 34.5 Å². The Balaban J connectivity index is 1.51. The molecule has 0 bridgehead atoms. The molecule has 8 nitrogen and oxygen atoms in total. The zero-order valence-electron chi connectivity index (χ0n) is 25.8. The Bertz CT molecular complexity index is 1470. The molecule has 0 aromatic heterocycles. The molecule has 0 amide bonds. The molecule has 250 valence electrons. The molecule has 0 heterocycles. The largest absolute Gasteiger partial charge is 0.462 e. The van der Waals surface area contributed by atoms with Crippen LogP contribution in [0.1, 0.15) is 75.1 Å². The van der Waals surface area contributed by atoms with Gasteiger partial charge in [-0.05, 0) is 59.5 Å². The third-order valence-electron chi connectivity index (χ3n) is 10.4. The quantitative estimate of drug-likeness (QED) is 0.102. The second kappa shape index (κ2) is 13.9. The minimum absolute atomic E-state index is 0.0127. The van der Waals surface area contributed by atoms with Gasteiger partial charge in [-0.3, -0.25) is 0 Å². The van der Waals surface area contributed by atoms with Crippen molar-refractivity contribution in [1.29, 1.82) is 0 Å². The molecule has 0 radical (unpaired) electrons. The SMILES string of the molecule is CC1C(C)C1(C)CCOC(=O)c1c(Cl)c(Cl)cc(Cl)c1OC(=O)C(=O)Oc1c(Cl)cc(Cl)c(Cl)c1C(=O)OCCC1(C)C(C)C1C. The van der Waals surface area contributed by atoms with Crippen LogP contribution in [-0.2, 0) is 19.1 Å². The third-order valence-corrected chi connectivity index (χ3v) is 12.5. The van der Waals surface area contributed by atoms with Crippen LogP contribution < -0.4 is 9.47 Å². The molecular formula is C32H32Cl6O8. The Morgan fingerprint density at radius 2 is 0.891 bits per heavy atom. The highest BCUT2D eigenvalue weighted by atomic mass is 35.5. The van der Waals surface area contributed by atoms with Gasteiger partial charge in [0.25, 0.3) is 0 Å². The van der Waals surface area contributed by atoms with E-state index < -0.39 is 46.5 Å². The first kappa shape index (κ1) is 36.9. The van der Waals surface area contributed by atoms with Crippen molar-refractivity contribution in [2.45, 2.75) is 54.4 Å². The zero-order valence-corrected chi connectivity index (χ0v) is 30.4. The molecule has 0 saturated heterocycles. The molecule has 2 aliphatic rings. The van der Waals surface area contributed by atoms with Crippen LogP contribution in [0.5, 0.6) is 11.5 Å². The highest BCUT2D eigenvalue weighted by Gasteiger charge is 2.55. The average molecular weight is 757 g/mol. The number of carbonyl (C=O) groups excluding carboxylic acids is 4. The van der Waals surface area contributed by atoms with E-state index in [0.29, 0.717) is 36.5 Å². The standard InChI is InChI=1S/C32H32Cl6O8/c1-13-14(2)31(13,5)7-9-43-27(39)21-23(37)17(33)11-19(35)25(21)45-29(41)30(42)46-26-20(36)12-18(34)24(38)22(26)28(40)44-10-8-32(6)15(3)16(32)4/h11-16H,7-10H2,1-6H3. The maximum absolute atomic E-state index is 13.1. The van der Waals surface area contributed by atoms with Gasteiger partial charge in [0.2, 0.25) is 0 Å². The third kappa shape index (κ3) is 7.08. The minimum Gasteiger partial charge on any atom is -0.462 e. The molecule has 0 N–H and O–H groups in total. The maximum Gasteiger partial charge on any atom is 0.423 e. The lowest BCUT2D eigenvalue weighted by Crippen LogP contribution is -2.27. The van der Waals surface area contributed by atoms with Crippen LogP contribution in [0.4, 0.5) is 0 Å². The molecule has 2 aromatic rings. The normalized spacial score (nSPS) is 26.3. The van der Waals surface area contributed by atoms with Crippen molar-refractivity contribution in [3.8, 4) is 11.5 Å². The first-order valence-corrected chi connectivity index (χ1v) is 16.8. The second-order valence-corrected chi connectivity index (χ2v) is 14.8. The maximum atomic E-state index is 13.1. The monoisotopic (exact) mass is 754 g/mol. The summed E-state index contributed by atoms with van der Waals surface area (Å²) < 4.78 is 21.2. The van der Waals surface area contributed by atoms with E-state index in [0.717, 1.165) is 12.1 Å². The fourth-order valence-corrected chi connectivity index (χ4v) is 7.35. The van der Waals surface area contributed by atoms with Gasteiger partial charge in [0, 0.05) is 0 Å². The Morgan fingerprint density at radius 3 is 1.17 bits per heavy atom. The van der Waals surface area contributed by atoms with Gasteiger partial charge >= 0.3 is 23.9 Å². The smallest absolute Gasteiger partial charge is 0.423 e. The second-order valence-electron chi connectivity index (χ2n) is 12.4. The Morgan fingerprint density at radius 1 is 0.587 bits per heavy atom. The van der Waals surface area contributed by atoms with Crippen molar-refractivity contribution in [1.82, 2.24) is 0 Å². The van der Waals surface area contributed by atoms with Gasteiger partial charge in [0.05, 0.1) is 43.3 Å². The summed E-state index contributed by atoms with van der Waals surface area (Å²) in [4.78, 5) is 52.1. The van der Waals surface area contributed by atoms with Gasteiger partial charge in [0.1, 0.15) is 11.1 Å². The van der Waals surface area contributed by atoms with Crippen LogP contribution in [-0.4, -0.2) is 37.1 Å². The van der Waals surface area contributed by atoms with Crippen LogP contribution in [0.15, 0.2) is 12.1 Å². The van der Waals surface area contributed by atoms with E-state index >= 15 is 0 Å². The predicted octanol–water partition coefficient (Wildman–Crippen LogP) is 9.80. The molecule has 46 heavy (non-hydrogen) atoms. The van der Waals surface area contributed by atoms with E-state index in [9.17, 15) is 19.2 Å². The first-order valence-electron chi connectivity index (χ1n) is 14.5. The number of hydrogen-bond donors (Lipinski definition) is 0. The van der Waals surface area contributed by atoms with E-state index in [1.165, 1.54) is 0 Å². The fourth-order valence-electron chi connectivity index (χ4n) is 5.91. The number of benzene rings is 2. The molecular weight excluding hydrogens is 725 g/mol. The average Bonchev–Trinajstić information content (AvgIpc) is 3.68. The lowest BCUT2D eigenvalue weighted by molar-refractivity contribution is -0.156. The van der Waals surface area contributed by atoms with Crippen LogP contribution in [0.2, 0.25) is 30.1 Å². The van der Waals surface area contributed by atoms with Crippen molar-refractivity contribution in [2.75, 3.05) is 13.2 Å². The summed E-state index contributed by atoms with van der Waals surface area (Å²) in [6.07, 6.45) is 1.17. The number of rotatable bonds is 10. The number of hydrogen-bond acceptors (Lipinski definition) is 8. The van der Waals surface area contributed by atoms with Gasteiger partial charge in [-0.15, -0.1) is 0 Å². The fraction of sp³-hybridized carbons (Fsp3) is 0.500. The van der Waals surface area contributed by atoms with Gasteiger partial charge in [-0.25, -0.2) is 19.2 Å². The van der Waals surface area contributed by atoms with E-state index in [1.54, 1.807) is 0 Å². The number of carbonyl (C=O) groups is 4. The Kier molecular flexibility index (Phi) is 11.1. The molecule has 0 aliphatic heterocycles. The Labute approximate surface area is 297 Å². The van der Waals surface area contributed by atoms with Gasteiger partial charge in [-0.1, -0.05) is 111 Å². The summed E-state index contributed by atoms with van der Waals surface area (Å²) in [6.45, 7) is 12.7. The predicted molar refractivity (Wildman–Crippen MR) is 177 cm³/mol. The molecule has 2 aromatic carbocycles. The van der Waals surface area contributed by atoms with Crippen molar-refractivity contribution in [3.05, 3.63) is 53.4 Å². The summed E-state index contributed by atoms with van der Waals surface area (Å²) >= 11 is 37.3. The first-order chi connectivity index (χ1) is 21.4. The molecule has 4 rings (SSSR count). The molecule has 2 fully saturated rings. The van der Waals surface area contributed by atoms with E-state index in [1.807, 2.05) is 0 Å². The summed E-state index contributed by atoms with van der Waals surface area (Å²) in [7, 11) is 0. The summed E-state index contributed by atoms with van der Waals surface area (Å²) in [5.41, 5.74) is -0.906. The number of halogens is 6. The molecule has 0 spiro atoms. The Hall–Kier alpha value is -1.94. The number of ether oxygens (including phenoxy) is 4. The topological polar surface area (TPSA) is 105 Å². The summed E-state index contributed by atoms with van der Waals surface area (Å²) in [5, 5.41) is -1.50. The van der Waals surface area contributed by atoms with Gasteiger partial charge in [-0.2, -0.15) is 0 Å². The van der Waals surface area contributed by atoms with Crippen LogP contribution in [0.25, 0.3) is 0 Å².